The number of anilines is 1. The number of nitrogens with zero attached hydrogens (tertiary/aromatic N) is 3. The van der Waals surface area contributed by atoms with Gasteiger partial charge in [-0.1, -0.05) is 13.8 Å². The van der Waals surface area contributed by atoms with Crippen LogP contribution in [0.4, 0.5) is 11.5 Å². The third kappa shape index (κ3) is 2.79. The molecule has 0 fully saturated rings. The summed E-state index contributed by atoms with van der Waals surface area (Å²) >= 11 is 0. The molecular formula is C11H21N5O2. The van der Waals surface area contributed by atoms with E-state index in [4.69, 9.17) is 5.73 Å². The summed E-state index contributed by atoms with van der Waals surface area (Å²) in [6.07, 6.45) is 0. The zero-order chi connectivity index (χ0) is 13.9. The van der Waals surface area contributed by atoms with Gasteiger partial charge in [-0.15, -0.1) is 0 Å². The number of nitrogens with two attached hydrogens (primary N) is 1. The lowest BCUT2D eigenvalue weighted by Crippen LogP contribution is -2.34. The second-order valence-electron chi connectivity index (χ2n) is 4.59. The summed E-state index contributed by atoms with van der Waals surface area (Å²) in [5, 5.41) is 18.4. The summed E-state index contributed by atoms with van der Waals surface area (Å²) in [5.41, 5.74) is 6.14. The van der Waals surface area contributed by atoms with Gasteiger partial charge in [-0.25, -0.2) is 4.68 Å². The Bertz CT molecular complexity index is 427. The van der Waals surface area contributed by atoms with E-state index in [0.29, 0.717) is 24.6 Å². The Kier molecular flexibility index (Phi) is 4.66. The minimum absolute atomic E-state index is 0.00917. The number of nitro groups is 1. The first kappa shape index (κ1) is 14.4. The van der Waals surface area contributed by atoms with Crippen LogP contribution in [0.1, 0.15) is 26.5 Å². The lowest BCUT2D eigenvalue weighted by molar-refractivity contribution is -0.384. The van der Waals surface area contributed by atoms with Crippen molar-refractivity contribution >= 4 is 11.5 Å². The first-order valence-electron chi connectivity index (χ1n) is 6.10. The number of aryl methyl sites for hydroxylation is 2. The maximum absolute atomic E-state index is 11.1. The quantitative estimate of drug-likeness (QED) is 0.593. The van der Waals surface area contributed by atoms with E-state index in [2.05, 4.69) is 10.4 Å². The normalized spacial score (nSPS) is 12.8. The van der Waals surface area contributed by atoms with Gasteiger partial charge in [0.05, 0.1) is 4.92 Å². The minimum atomic E-state index is -0.398. The molecule has 1 unspecified atom stereocenters. The average molecular weight is 255 g/mol. The predicted molar refractivity (Wildman–Crippen MR) is 70.6 cm³/mol. The molecule has 0 aliphatic heterocycles. The molecule has 1 aromatic rings. The molecule has 0 radical (unpaired) electrons. The molecule has 102 valence electrons. The molecule has 0 aromatic carbocycles. The second kappa shape index (κ2) is 5.81. The molecule has 0 spiro atoms. The van der Waals surface area contributed by atoms with Crippen LogP contribution in [-0.2, 0) is 6.54 Å². The van der Waals surface area contributed by atoms with Crippen molar-refractivity contribution < 1.29 is 4.92 Å². The van der Waals surface area contributed by atoms with Crippen molar-refractivity contribution in [3.8, 4) is 0 Å². The second-order valence-corrected chi connectivity index (χ2v) is 4.59. The molecular weight excluding hydrogens is 234 g/mol. The molecule has 1 aromatic heterocycles. The fourth-order valence-electron chi connectivity index (χ4n) is 1.84. The maximum Gasteiger partial charge on any atom is 0.333 e. The van der Waals surface area contributed by atoms with Crippen LogP contribution in [0.2, 0.25) is 0 Å². The highest BCUT2D eigenvalue weighted by Gasteiger charge is 2.27. The Balaban J connectivity index is 3.16. The number of aromatic nitrogens is 2. The van der Waals surface area contributed by atoms with Crippen molar-refractivity contribution in [1.29, 1.82) is 0 Å². The van der Waals surface area contributed by atoms with E-state index >= 15 is 0 Å². The molecule has 0 saturated heterocycles. The van der Waals surface area contributed by atoms with E-state index in [1.807, 2.05) is 20.8 Å². The molecule has 0 aliphatic rings. The molecule has 1 heterocycles. The monoisotopic (exact) mass is 255 g/mol. The number of rotatable bonds is 6. The Labute approximate surface area is 107 Å². The van der Waals surface area contributed by atoms with Crippen LogP contribution in [0, 0.1) is 23.0 Å². The zero-order valence-electron chi connectivity index (χ0n) is 11.3. The molecule has 18 heavy (non-hydrogen) atoms. The summed E-state index contributed by atoms with van der Waals surface area (Å²) in [4.78, 5) is 10.7. The van der Waals surface area contributed by atoms with Crippen molar-refractivity contribution in [1.82, 2.24) is 9.78 Å². The smallest absolute Gasteiger partial charge is 0.333 e. The van der Waals surface area contributed by atoms with Crippen molar-refractivity contribution in [3.05, 3.63) is 15.8 Å². The lowest BCUT2D eigenvalue weighted by Gasteiger charge is -2.21. The fourth-order valence-corrected chi connectivity index (χ4v) is 1.84. The van der Waals surface area contributed by atoms with Crippen molar-refractivity contribution in [2.24, 2.45) is 11.7 Å². The zero-order valence-corrected chi connectivity index (χ0v) is 11.3. The number of hydrogen-bond donors (Lipinski definition) is 2. The van der Waals surface area contributed by atoms with Gasteiger partial charge < -0.3 is 11.1 Å². The molecule has 1 atom stereocenters. The highest BCUT2D eigenvalue weighted by molar-refractivity contribution is 5.60. The van der Waals surface area contributed by atoms with Crippen molar-refractivity contribution in [2.75, 3.05) is 11.9 Å². The van der Waals surface area contributed by atoms with Crippen molar-refractivity contribution in [3.63, 3.8) is 0 Å². The van der Waals surface area contributed by atoms with E-state index in [1.54, 1.807) is 11.6 Å². The SMILES string of the molecule is CCn1nc(C)c([N+](=O)[O-])c1NC(CN)C(C)C. The van der Waals surface area contributed by atoms with Gasteiger partial charge in [0.15, 0.2) is 0 Å². The van der Waals surface area contributed by atoms with Gasteiger partial charge in [-0.3, -0.25) is 10.1 Å². The van der Waals surface area contributed by atoms with Crippen LogP contribution >= 0.6 is 0 Å². The lowest BCUT2D eigenvalue weighted by atomic mass is 10.0. The van der Waals surface area contributed by atoms with Crippen LogP contribution in [0.3, 0.4) is 0 Å². The van der Waals surface area contributed by atoms with E-state index in [9.17, 15) is 10.1 Å². The number of hydrogen-bond acceptors (Lipinski definition) is 5. The van der Waals surface area contributed by atoms with Crippen LogP contribution in [0.15, 0.2) is 0 Å². The molecule has 0 saturated carbocycles. The summed E-state index contributed by atoms with van der Waals surface area (Å²) in [6, 6.07) is -0.00917. The first-order chi connectivity index (χ1) is 8.42. The highest BCUT2D eigenvalue weighted by atomic mass is 16.6. The Morgan fingerprint density at radius 2 is 2.17 bits per heavy atom. The maximum atomic E-state index is 11.1. The van der Waals surface area contributed by atoms with Gasteiger partial charge in [-0.05, 0) is 19.8 Å². The summed E-state index contributed by atoms with van der Waals surface area (Å²) in [6.45, 7) is 8.58. The summed E-state index contributed by atoms with van der Waals surface area (Å²) < 4.78 is 1.61. The summed E-state index contributed by atoms with van der Waals surface area (Å²) in [5.74, 6) is 0.735. The van der Waals surface area contributed by atoms with Gasteiger partial charge in [-0.2, -0.15) is 5.10 Å². The third-order valence-corrected chi connectivity index (χ3v) is 2.96. The Morgan fingerprint density at radius 3 is 2.56 bits per heavy atom. The summed E-state index contributed by atoms with van der Waals surface area (Å²) in [7, 11) is 0. The fraction of sp³-hybridized carbons (Fsp3) is 0.727. The highest BCUT2D eigenvalue weighted by Crippen LogP contribution is 2.29. The van der Waals surface area contributed by atoms with Crippen LogP contribution in [0.25, 0.3) is 0 Å². The van der Waals surface area contributed by atoms with Gasteiger partial charge in [0, 0.05) is 19.1 Å². The van der Waals surface area contributed by atoms with Gasteiger partial charge in [0.25, 0.3) is 0 Å². The minimum Gasteiger partial charge on any atom is -0.360 e. The molecule has 3 N–H and O–H groups in total. The van der Waals surface area contributed by atoms with Crippen LogP contribution in [0.5, 0.6) is 0 Å². The van der Waals surface area contributed by atoms with E-state index in [0.717, 1.165) is 0 Å². The Morgan fingerprint density at radius 1 is 1.56 bits per heavy atom. The third-order valence-electron chi connectivity index (χ3n) is 2.96. The van der Waals surface area contributed by atoms with E-state index < -0.39 is 4.92 Å². The van der Waals surface area contributed by atoms with E-state index in [-0.39, 0.29) is 17.6 Å². The number of nitrogens with one attached hydrogen (secondary N) is 1. The molecule has 7 nitrogen and oxygen atoms in total. The van der Waals surface area contributed by atoms with Gasteiger partial charge in [0.2, 0.25) is 5.82 Å². The van der Waals surface area contributed by atoms with Crippen LogP contribution < -0.4 is 11.1 Å². The topological polar surface area (TPSA) is 99.0 Å². The standard InChI is InChI=1S/C11H21N5O2/c1-5-15-11(13-9(6-12)7(2)3)10(16(17)18)8(4)14-15/h7,9,13H,5-6,12H2,1-4H3. The van der Waals surface area contributed by atoms with E-state index in [1.165, 1.54) is 0 Å². The largest absolute Gasteiger partial charge is 0.360 e. The molecule has 1 rings (SSSR count). The van der Waals surface area contributed by atoms with Gasteiger partial charge in [0.1, 0.15) is 5.69 Å². The molecule has 0 aliphatic carbocycles. The first-order valence-corrected chi connectivity index (χ1v) is 6.10. The molecule has 0 amide bonds. The van der Waals surface area contributed by atoms with Gasteiger partial charge >= 0.3 is 5.69 Å². The average Bonchev–Trinajstić information content (AvgIpc) is 2.61. The predicted octanol–water partition coefficient (Wildman–Crippen LogP) is 1.51. The van der Waals surface area contributed by atoms with Crippen LogP contribution in [-0.4, -0.2) is 27.3 Å². The molecule has 7 heteroatoms. The Hall–Kier alpha value is -1.63. The molecule has 0 bridgehead atoms. The van der Waals surface area contributed by atoms with Crippen molar-refractivity contribution in [2.45, 2.75) is 40.3 Å².